The highest BCUT2D eigenvalue weighted by atomic mass is 16.1. The molecule has 4 heteroatoms. The average molecular weight is 273 g/mol. The Morgan fingerprint density at radius 2 is 2.05 bits per heavy atom. The predicted octanol–water partition coefficient (Wildman–Crippen LogP) is 2.28. The predicted molar refractivity (Wildman–Crippen MR) is 82.6 cm³/mol. The van der Waals surface area contributed by atoms with E-state index in [9.17, 15) is 4.79 Å². The average Bonchev–Trinajstić information content (AvgIpc) is 2.85. The van der Waals surface area contributed by atoms with E-state index in [4.69, 9.17) is 0 Å². The lowest BCUT2D eigenvalue weighted by atomic mass is 10.1. The quantitative estimate of drug-likeness (QED) is 0.813. The van der Waals surface area contributed by atoms with Gasteiger partial charge < -0.3 is 15.2 Å². The van der Waals surface area contributed by atoms with Gasteiger partial charge in [0.05, 0.1) is 0 Å². The number of rotatable bonds is 7. The molecule has 2 N–H and O–H groups in total. The molecule has 0 bridgehead atoms. The number of nitrogens with zero attached hydrogens (tertiary/aromatic N) is 1. The molecule has 1 amide bonds. The van der Waals surface area contributed by atoms with Gasteiger partial charge in [-0.1, -0.05) is 13.0 Å². The molecular formula is C16H23N3O. The molecule has 0 aliphatic rings. The SMILES string of the molecule is CCNCc1ccc2c(ccn2CCC(=O)NCC)c1. The highest BCUT2D eigenvalue weighted by Gasteiger charge is 2.04. The number of hydrogen-bond acceptors (Lipinski definition) is 2. The molecule has 108 valence electrons. The summed E-state index contributed by atoms with van der Waals surface area (Å²) >= 11 is 0. The Kier molecular flexibility index (Phi) is 5.18. The fourth-order valence-electron chi connectivity index (χ4n) is 2.33. The second-order valence-electron chi connectivity index (χ2n) is 4.89. The number of aryl methyl sites for hydroxylation is 1. The van der Waals surface area contributed by atoms with Crippen molar-refractivity contribution in [2.24, 2.45) is 0 Å². The van der Waals surface area contributed by atoms with Gasteiger partial charge in [-0.05, 0) is 42.6 Å². The second-order valence-corrected chi connectivity index (χ2v) is 4.89. The largest absolute Gasteiger partial charge is 0.356 e. The maximum absolute atomic E-state index is 11.5. The number of hydrogen-bond donors (Lipinski definition) is 2. The summed E-state index contributed by atoms with van der Waals surface area (Å²) in [6.07, 6.45) is 2.58. The molecule has 1 heterocycles. The van der Waals surface area contributed by atoms with Gasteiger partial charge in [-0.2, -0.15) is 0 Å². The van der Waals surface area contributed by atoms with Crippen LogP contribution in [0.1, 0.15) is 25.8 Å². The summed E-state index contributed by atoms with van der Waals surface area (Å²) < 4.78 is 2.14. The van der Waals surface area contributed by atoms with Crippen molar-refractivity contribution in [1.29, 1.82) is 0 Å². The van der Waals surface area contributed by atoms with Crippen molar-refractivity contribution in [3.05, 3.63) is 36.0 Å². The minimum atomic E-state index is 0.109. The Bertz CT molecular complexity index is 574. The van der Waals surface area contributed by atoms with Gasteiger partial charge in [-0.25, -0.2) is 0 Å². The zero-order chi connectivity index (χ0) is 14.4. The van der Waals surface area contributed by atoms with Crippen LogP contribution in [0.4, 0.5) is 0 Å². The molecule has 0 aliphatic carbocycles. The first-order valence-electron chi connectivity index (χ1n) is 7.29. The summed E-state index contributed by atoms with van der Waals surface area (Å²) in [6.45, 7) is 7.34. The van der Waals surface area contributed by atoms with Crippen LogP contribution in [0.15, 0.2) is 30.5 Å². The Labute approximate surface area is 120 Å². The summed E-state index contributed by atoms with van der Waals surface area (Å²) in [5.41, 5.74) is 2.48. The summed E-state index contributed by atoms with van der Waals surface area (Å²) in [5.74, 6) is 0.109. The fraction of sp³-hybridized carbons (Fsp3) is 0.438. The fourth-order valence-corrected chi connectivity index (χ4v) is 2.33. The monoisotopic (exact) mass is 273 g/mol. The molecule has 0 radical (unpaired) electrons. The van der Waals surface area contributed by atoms with E-state index in [0.717, 1.165) is 19.6 Å². The van der Waals surface area contributed by atoms with Crippen LogP contribution < -0.4 is 10.6 Å². The van der Waals surface area contributed by atoms with E-state index < -0.39 is 0 Å². The van der Waals surface area contributed by atoms with Gasteiger partial charge in [0.15, 0.2) is 0 Å². The number of fused-ring (bicyclic) bond motifs is 1. The van der Waals surface area contributed by atoms with E-state index >= 15 is 0 Å². The molecule has 0 atom stereocenters. The first kappa shape index (κ1) is 14.6. The van der Waals surface area contributed by atoms with Crippen molar-refractivity contribution >= 4 is 16.8 Å². The molecule has 1 aromatic carbocycles. The van der Waals surface area contributed by atoms with E-state index in [1.807, 2.05) is 6.92 Å². The van der Waals surface area contributed by atoms with E-state index in [1.165, 1.54) is 16.5 Å². The molecule has 0 spiro atoms. The summed E-state index contributed by atoms with van der Waals surface area (Å²) in [4.78, 5) is 11.5. The number of amides is 1. The smallest absolute Gasteiger partial charge is 0.221 e. The molecule has 0 unspecified atom stereocenters. The maximum Gasteiger partial charge on any atom is 0.221 e. The van der Waals surface area contributed by atoms with E-state index in [0.29, 0.717) is 13.0 Å². The van der Waals surface area contributed by atoms with E-state index in [-0.39, 0.29) is 5.91 Å². The van der Waals surface area contributed by atoms with Crippen molar-refractivity contribution < 1.29 is 4.79 Å². The van der Waals surface area contributed by atoms with Crippen LogP contribution in [-0.4, -0.2) is 23.6 Å². The van der Waals surface area contributed by atoms with Crippen LogP contribution in [0.5, 0.6) is 0 Å². The lowest BCUT2D eigenvalue weighted by Gasteiger charge is -2.07. The molecule has 2 rings (SSSR count). The molecule has 1 aromatic heterocycles. The highest BCUT2D eigenvalue weighted by molar-refractivity contribution is 5.81. The molecule has 0 saturated heterocycles. The Morgan fingerprint density at radius 1 is 1.20 bits per heavy atom. The molecule has 0 saturated carbocycles. The third-order valence-corrected chi connectivity index (χ3v) is 3.37. The molecule has 4 nitrogen and oxygen atoms in total. The van der Waals surface area contributed by atoms with Gasteiger partial charge >= 0.3 is 0 Å². The normalized spacial score (nSPS) is 10.9. The first-order chi connectivity index (χ1) is 9.74. The highest BCUT2D eigenvalue weighted by Crippen LogP contribution is 2.18. The topological polar surface area (TPSA) is 46.1 Å². The van der Waals surface area contributed by atoms with Gasteiger partial charge in [-0.15, -0.1) is 0 Å². The van der Waals surface area contributed by atoms with Crippen LogP contribution in [0.3, 0.4) is 0 Å². The van der Waals surface area contributed by atoms with Crippen molar-refractivity contribution in [3.8, 4) is 0 Å². The van der Waals surface area contributed by atoms with Gasteiger partial charge in [0.1, 0.15) is 0 Å². The number of carbonyl (C=O) groups excluding carboxylic acids is 1. The maximum atomic E-state index is 11.5. The van der Waals surface area contributed by atoms with Crippen LogP contribution >= 0.6 is 0 Å². The van der Waals surface area contributed by atoms with Gasteiger partial charge in [0.2, 0.25) is 5.91 Å². The number of carbonyl (C=O) groups is 1. The van der Waals surface area contributed by atoms with Gasteiger partial charge in [0, 0.05) is 37.8 Å². The summed E-state index contributed by atoms with van der Waals surface area (Å²) in [6, 6.07) is 8.61. The van der Waals surface area contributed by atoms with Crippen LogP contribution in [0.2, 0.25) is 0 Å². The third-order valence-electron chi connectivity index (χ3n) is 3.37. The molecule has 2 aromatic rings. The molecule has 0 aliphatic heterocycles. The Balaban J connectivity index is 2.06. The van der Waals surface area contributed by atoms with Crippen molar-refractivity contribution in [2.75, 3.05) is 13.1 Å². The minimum absolute atomic E-state index is 0.109. The minimum Gasteiger partial charge on any atom is -0.356 e. The lowest BCUT2D eigenvalue weighted by Crippen LogP contribution is -2.23. The third kappa shape index (κ3) is 3.61. The molecule has 20 heavy (non-hydrogen) atoms. The first-order valence-corrected chi connectivity index (χ1v) is 7.29. The molecular weight excluding hydrogens is 250 g/mol. The van der Waals surface area contributed by atoms with E-state index in [1.54, 1.807) is 0 Å². The zero-order valence-corrected chi connectivity index (χ0v) is 12.3. The summed E-state index contributed by atoms with van der Waals surface area (Å²) in [7, 11) is 0. The number of aromatic nitrogens is 1. The van der Waals surface area contributed by atoms with Gasteiger partial charge in [-0.3, -0.25) is 4.79 Å². The van der Waals surface area contributed by atoms with Crippen LogP contribution in [-0.2, 0) is 17.9 Å². The van der Waals surface area contributed by atoms with Crippen molar-refractivity contribution in [3.63, 3.8) is 0 Å². The Hall–Kier alpha value is -1.81. The standard InChI is InChI=1S/C16H23N3O/c1-3-17-12-13-5-6-15-14(11-13)7-9-19(15)10-8-16(20)18-4-2/h5-7,9,11,17H,3-4,8,10,12H2,1-2H3,(H,18,20). The number of benzene rings is 1. The summed E-state index contributed by atoms with van der Waals surface area (Å²) in [5, 5.41) is 7.39. The number of nitrogens with one attached hydrogen (secondary N) is 2. The Morgan fingerprint density at radius 3 is 2.80 bits per heavy atom. The van der Waals surface area contributed by atoms with Crippen LogP contribution in [0.25, 0.3) is 10.9 Å². The lowest BCUT2D eigenvalue weighted by molar-refractivity contribution is -0.121. The van der Waals surface area contributed by atoms with Crippen LogP contribution in [0, 0.1) is 0 Å². The zero-order valence-electron chi connectivity index (χ0n) is 12.3. The van der Waals surface area contributed by atoms with Crippen molar-refractivity contribution in [1.82, 2.24) is 15.2 Å². The van der Waals surface area contributed by atoms with E-state index in [2.05, 4.69) is 52.6 Å². The van der Waals surface area contributed by atoms with Crippen molar-refractivity contribution in [2.45, 2.75) is 33.4 Å². The second kappa shape index (κ2) is 7.10. The molecule has 0 fully saturated rings. The van der Waals surface area contributed by atoms with Gasteiger partial charge in [0.25, 0.3) is 0 Å².